The summed E-state index contributed by atoms with van der Waals surface area (Å²) in [5.41, 5.74) is 5.70. The van der Waals surface area contributed by atoms with Gasteiger partial charge in [0, 0.05) is 17.2 Å². The lowest BCUT2D eigenvalue weighted by Gasteiger charge is -2.10. The number of nitrogens with one attached hydrogen (secondary N) is 1. The first-order valence-corrected chi connectivity index (χ1v) is 6.93. The van der Waals surface area contributed by atoms with E-state index in [2.05, 4.69) is 17.4 Å². The van der Waals surface area contributed by atoms with Gasteiger partial charge in [-0.2, -0.15) is 0 Å². The lowest BCUT2D eigenvalue weighted by molar-refractivity contribution is -0.122. The van der Waals surface area contributed by atoms with Crippen molar-refractivity contribution in [3.63, 3.8) is 0 Å². The van der Waals surface area contributed by atoms with Crippen LogP contribution in [0.3, 0.4) is 0 Å². The van der Waals surface area contributed by atoms with Gasteiger partial charge in [-0.1, -0.05) is 31.5 Å². The molecule has 1 amide bonds. The van der Waals surface area contributed by atoms with Gasteiger partial charge in [0.15, 0.2) is 0 Å². The molecule has 94 valence electrons. The molecule has 1 rings (SSSR count). The summed E-state index contributed by atoms with van der Waals surface area (Å²) in [6.45, 7) is 2.69. The van der Waals surface area contributed by atoms with Gasteiger partial charge in [0.2, 0.25) is 5.91 Å². The Morgan fingerprint density at radius 3 is 2.76 bits per heavy atom. The monoisotopic (exact) mass is 252 g/mol. The van der Waals surface area contributed by atoms with E-state index in [1.807, 2.05) is 25.1 Å². The van der Waals surface area contributed by atoms with E-state index in [0.717, 1.165) is 18.6 Å². The van der Waals surface area contributed by atoms with E-state index in [4.69, 9.17) is 5.73 Å². The number of thioether (sulfide) groups is 1. The highest BCUT2D eigenvalue weighted by atomic mass is 32.2. The zero-order chi connectivity index (χ0) is 12.5. The summed E-state index contributed by atoms with van der Waals surface area (Å²) < 4.78 is 0. The standard InChI is InChI=1S/C13H20N2OS/c1-2-6-12(14)13(16)15-9-10-17-11-7-4-3-5-8-11/h3-5,7-8,12H,2,6,9-10,14H2,1H3,(H,15,16)/t12-/m1/s1. The topological polar surface area (TPSA) is 55.1 Å². The molecule has 1 aromatic rings. The van der Waals surface area contributed by atoms with Gasteiger partial charge in [-0.05, 0) is 18.6 Å². The van der Waals surface area contributed by atoms with E-state index in [1.54, 1.807) is 11.8 Å². The third-order valence-electron chi connectivity index (χ3n) is 2.35. The first-order valence-electron chi connectivity index (χ1n) is 5.95. The number of hydrogen-bond donors (Lipinski definition) is 2. The Morgan fingerprint density at radius 1 is 1.41 bits per heavy atom. The number of nitrogens with two attached hydrogens (primary N) is 1. The van der Waals surface area contributed by atoms with Crippen molar-refractivity contribution in [3.8, 4) is 0 Å². The van der Waals surface area contributed by atoms with Crippen molar-refractivity contribution in [1.82, 2.24) is 5.32 Å². The minimum absolute atomic E-state index is 0.0412. The molecule has 3 N–H and O–H groups in total. The number of benzene rings is 1. The highest BCUT2D eigenvalue weighted by molar-refractivity contribution is 7.99. The Kier molecular flexibility index (Phi) is 6.74. The molecule has 0 radical (unpaired) electrons. The van der Waals surface area contributed by atoms with Crippen LogP contribution in [0.1, 0.15) is 19.8 Å². The first kappa shape index (κ1) is 14.1. The molecule has 0 spiro atoms. The van der Waals surface area contributed by atoms with Crippen molar-refractivity contribution >= 4 is 17.7 Å². The van der Waals surface area contributed by atoms with Crippen molar-refractivity contribution in [1.29, 1.82) is 0 Å². The fourth-order valence-corrected chi connectivity index (χ4v) is 2.22. The second-order valence-electron chi connectivity index (χ2n) is 3.85. The maximum atomic E-state index is 11.5. The quantitative estimate of drug-likeness (QED) is 0.576. The number of carbonyl (C=O) groups is 1. The second kappa shape index (κ2) is 8.14. The molecule has 17 heavy (non-hydrogen) atoms. The third kappa shape index (κ3) is 5.75. The van der Waals surface area contributed by atoms with Crippen LogP contribution in [0.15, 0.2) is 35.2 Å². The van der Waals surface area contributed by atoms with Crippen LogP contribution in [0.5, 0.6) is 0 Å². The van der Waals surface area contributed by atoms with Crippen LogP contribution in [-0.2, 0) is 4.79 Å². The zero-order valence-corrected chi connectivity index (χ0v) is 11.0. The first-order chi connectivity index (χ1) is 8.24. The molecule has 0 saturated carbocycles. The predicted octanol–water partition coefficient (Wildman–Crippen LogP) is 2.02. The number of carbonyl (C=O) groups excluding carboxylic acids is 1. The van der Waals surface area contributed by atoms with Gasteiger partial charge >= 0.3 is 0 Å². The van der Waals surface area contributed by atoms with Gasteiger partial charge in [0.05, 0.1) is 6.04 Å². The van der Waals surface area contributed by atoms with Crippen molar-refractivity contribution in [2.75, 3.05) is 12.3 Å². The smallest absolute Gasteiger partial charge is 0.236 e. The van der Waals surface area contributed by atoms with Crippen LogP contribution in [0.2, 0.25) is 0 Å². The summed E-state index contributed by atoms with van der Waals surface area (Å²) in [5.74, 6) is 0.828. The van der Waals surface area contributed by atoms with E-state index < -0.39 is 0 Å². The normalized spacial score (nSPS) is 12.1. The van der Waals surface area contributed by atoms with Crippen LogP contribution in [0.4, 0.5) is 0 Å². The minimum atomic E-state index is -0.360. The molecule has 0 heterocycles. The molecule has 0 saturated heterocycles. The molecular weight excluding hydrogens is 232 g/mol. The van der Waals surface area contributed by atoms with E-state index in [1.165, 1.54) is 4.90 Å². The molecule has 0 fully saturated rings. The SMILES string of the molecule is CCC[C@@H](N)C(=O)NCCSc1ccccc1. The van der Waals surface area contributed by atoms with E-state index in [0.29, 0.717) is 6.54 Å². The summed E-state index contributed by atoms with van der Waals surface area (Å²) in [6, 6.07) is 9.79. The largest absolute Gasteiger partial charge is 0.354 e. The average molecular weight is 252 g/mol. The fourth-order valence-electron chi connectivity index (χ4n) is 1.43. The fraction of sp³-hybridized carbons (Fsp3) is 0.462. The molecule has 0 aromatic heterocycles. The Balaban J connectivity index is 2.14. The molecule has 4 heteroatoms. The molecule has 0 bridgehead atoms. The molecular formula is C13H20N2OS. The Hall–Kier alpha value is -1.00. The molecule has 1 aromatic carbocycles. The average Bonchev–Trinajstić information content (AvgIpc) is 2.36. The van der Waals surface area contributed by atoms with Crippen molar-refractivity contribution in [2.45, 2.75) is 30.7 Å². The summed E-state index contributed by atoms with van der Waals surface area (Å²) in [5, 5.41) is 2.85. The van der Waals surface area contributed by atoms with Crippen LogP contribution in [-0.4, -0.2) is 24.2 Å². The molecule has 0 aliphatic rings. The van der Waals surface area contributed by atoms with Gasteiger partial charge < -0.3 is 11.1 Å². The molecule has 3 nitrogen and oxygen atoms in total. The third-order valence-corrected chi connectivity index (χ3v) is 3.36. The second-order valence-corrected chi connectivity index (χ2v) is 5.02. The van der Waals surface area contributed by atoms with Crippen molar-refractivity contribution in [3.05, 3.63) is 30.3 Å². The molecule has 0 aliphatic heterocycles. The van der Waals surface area contributed by atoms with Crippen LogP contribution >= 0.6 is 11.8 Å². The lowest BCUT2D eigenvalue weighted by atomic mass is 10.2. The Morgan fingerprint density at radius 2 is 2.12 bits per heavy atom. The summed E-state index contributed by atoms with van der Waals surface area (Å²) >= 11 is 1.73. The number of amides is 1. The summed E-state index contributed by atoms with van der Waals surface area (Å²) in [4.78, 5) is 12.7. The molecule has 0 unspecified atom stereocenters. The number of rotatable bonds is 7. The highest BCUT2D eigenvalue weighted by Gasteiger charge is 2.10. The minimum Gasteiger partial charge on any atom is -0.354 e. The summed E-state index contributed by atoms with van der Waals surface area (Å²) in [7, 11) is 0. The number of hydrogen-bond acceptors (Lipinski definition) is 3. The summed E-state index contributed by atoms with van der Waals surface area (Å²) in [6.07, 6.45) is 1.69. The Bertz CT molecular complexity index is 329. The highest BCUT2D eigenvalue weighted by Crippen LogP contribution is 2.15. The maximum absolute atomic E-state index is 11.5. The van der Waals surface area contributed by atoms with E-state index in [9.17, 15) is 4.79 Å². The van der Waals surface area contributed by atoms with Gasteiger partial charge in [0.25, 0.3) is 0 Å². The Labute approximate surface area is 107 Å². The van der Waals surface area contributed by atoms with Crippen molar-refractivity contribution < 1.29 is 4.79 Å². The predicted molar refractivity (Wildman–Crippen MR) is 73.1 cm³/mol. The van der Waals surface area contributed by atoms with E-state index >= 15 is 0 Å². The van der Waals surface area contributed by atoms with Crippen molar-refractivity contribution in [2.24, 2.45) is 5.73 Å². The van der Waals surface area contributed by atoms with Crippen LogP contribution in [0.25, 0.3) is 0 Å². The van der Waals surface area contributed by atoms with Gasteiger partial charge in [0.1, 0.15) is 0 Å². The van der Waals surface area contributed by atoms with Crippen LogP contribution < -0.4 is 11.1 Å². The van der Waals surface area contributed by atoms with E-state index in [-0.39, 0.29) is 11.9 Å². The van der Waals surface area contributed by atoms with Gasteiger partial charge in [-0.15, -0.1) is 11.8 Å². The zero-order valence-electron chi connectivity index (χ0n) is 10.2. The van der Waals surface area contributed by atoms with Crippen LogP contribution in [0, 0.1) is 0 Å². The lowest BCUT2D eigenvalue weighted by Crippen LogP contribution is -2.41. The molecule has 0 aliphatic carbocycles. The van der Waals surface area contributed by atoms with Gasteiger partial charge in [-0.25, -0.2) is 0 Å². The van der Waals surface area contributed by atoms with Gasteiger partial charge in [-0.3, -0.25) is 4.79 Å². The maximum Gasteiger partial charge on any atom is 0.236 e. The molecule has 1 atom stereocenters.